The van der Waals surface area contributed by atoms with Crippen molar-refractivity contribution in [3.05, 3.63) is 58.2 Å². The molecule has 1 saturated carbocycles. The predicted octanol–water partition coefficient (Wildman–Crippen LogP) is 10.2. The number of allylic oxidation sites excluding steroid dienone is 3. The third-order valence-electron chi connectivity index (χ3n) is 10.7. The minimum absolute atomic E-state index is 0.326. The van der Waals surface area contributed by atoms with Gasteiger partial charge in [-0.25, -0.2) is 0 Å². The van der Waals surface area contributed by atoms with Crippen molar-refractivity contribution in [2.24, 2.45) is 16.2 Å². The molecule has 4 rings (SSSR count). The summed E-state index contributed by atoms with van der Waals surface area (Å²) in [6.45, 7) is 19.7. The van der Waals surface area contributed by atoms with Crippen LogP contribution in [-0.4, -0.2) is 12.8 Å². The largest absolute Gasteiger partial charge is 0.124 e. The number of unbranched alkanes of at least 4 members (excludes halogenated alkanes) is 2. The highest BCUT2D eigenvalue weighted by Crippen LogP contribution is 2.62. The van der Waals surface area contributed by atoms with Gasteiger partial charge in [-0.3, -0.25) is 0 Å². The Morgan fingerprint density at radius 1 is 1.09 bits per heavy atom. The zero-order valence-electron chi connectivity index (χ0n) is 23.9. The molecule has 0 radical (unpaired) electrons. The third-order valence-corrected chi connectivity index (χ3v) is 11.7. The van der Waals surface area contributed by atoms with Crippen molar-refractivity contribution >= 4 is 8.58 Å². The van der Waals surface area contributed by atoms with Gasteiger partial charge in [-0.05, 0) is 116 Å². The molecule has 35 heavy (non-hydrogen) atoms. The van der Waals surface area contributed by atoms with Crippen molar-refractivity contribution in [3.63, 3.8) is 0 Å². The van der Waals surface area contributed by atoms with E-state index >= 15 is 0 Å². The second-order valence-electron chi connectivity index (χ2n) is 13.4. The van der Waals surface area contributed by atoms with Gasteiger partial charge in [0.2, 0.25) is 0 Å². The zero-order valence-corrected chi connectivity index (χ0v) is 24.9. The van der Waals surface area contributed by atoms with Crippen LogP contribution in [0.2, 0.25) is 0 Å². The lowest BCUT2D eigenvalue weighted by molar-refractivity contribution is 0.0371. The molecule has 3 aliphatic rings. The van der Waals surface area contributed by atoms with E-state index in [9.17, 15) is 0 Å². The van der Waals surface area contributed by atoms with Crippen LogP contribution in [0.4, 0.5) is 0 Å². The number of rotatable bonds is 9. The fourth-order valence-electron chi connectivity index (χ4n) is 7.96. The first-order valence-electron chi connectivity index (χ1n) is 14.8. The van der Waals surface area contributed by atoms with E-state index in [1.165, 1.54) is 83.2 Å². The Kier molecular flexibility index (Phi) is 8.43. The molecule has 0 nitrogen and oxygen atoms in total. The smallest absolute Gasteiger partial charge is 0.00507 e. The van der Waals surface area contributed by atoms with Crippen LogP contribution >= 0.6 is 8.58 Å². The molecule has 0 N–H and O–H groups in total. The number of benzene rings is 1. The average Bonchev–Trinajstić information content (AvgIpc) is 2.81. The van der Waals surface area contributed by atoms with Crippen LogP contribution in [0.1, 0.15) is 127 Å². The lowest BCUT2D eigenvalue weighted by Gasteiger charge is -2.56. The highest BCUT2D eigenvalue weighted by Gasteiger charge is 2.52. The SMILES string of the molecule is C=C(Cc1cc(CCCCC)cc2c1C1CC(C)=CCC1(C)C(C)(C)C2)C1(CPC)CCCCC1. The van der Waals surface area contributed by atoms with E-state index in [2.05, 4.69) is 59.5 Å². The van der Waals surface area contributed by atoms with Crippen LogP contribution in [0.25, 0.3) is 0 Å². The van der Waals surface area contributed by atoms with E-state index < -0.39 is 0 Å². The standard InChI is InChI=1S/C34H53P/c1-8-9-11-14-27-21-28(20-26(3)34(24-35-7)16-12-10-13-17-34)31-29(22-27)23-32(4,5)33(6)18-15-25(2)19-30(31)33/h15,21-22,30,35H,3,8-14,16-20,23-24H2,1-2,4-7H3. The summed E-state index contributed by atoms with van der Waals surface area (Å²) in [6.07, 6.45) is 20.9. The second kappa shape index (κ2) is 10.9. The molecule has 0 heterocycles. The fraction of sp³-hybridized carbons (Fsp3) is 0.706. The molecule has 0 amide bonds. The lowest BCUT2D eigenvalue weighted by atomic mass is 9.48. The summed E-state index contributed by atoms with van der Waals surface area (Å²) in [7, 11) is 1.03. The number of hydrogen-bond acceptors (Lipinski definition) is 0. The van der Waals surface area contributed by atoms with Gasteiger partial charge in [0.15, 0.2) is 0 Å². The Balaban J connectivity index is 1.78. The van der Waals surface area contributed by atoms with Gasteiger partial charge < -0.3 is 0 Å². The predicted molar refractivity (Wildman–Crippen MR) is 158 cm³/mol. The van der Waals surface area contributed by atoms with Gasteiger partial charge in [0, 0.05) is 0 Å². The summed E-state index contributed by atoms with van der Waals surface area (Å²) < 4.78 is 0. The maximum absolute atomic E-state index is 4.88. The molecule has 3 atom stereocenters. The molecular formula is C34H53P. The molecule has 0 bridgehead atoms. The molecule has 1 aromatic rings. The highest BCUT2D eigenvalue weighted by atomic mass is 31.1. The molecule has 0 spiro atoms. The monoisotopic (exact) mass is 492 g/mol. The molecule has 1 heteroatoms. The minimum atomic E-state index is 0.326. The molecule has 1 fully saturated rings. The van der Waals surface area contributed by atoms with Gasteiger partial charge in [0.1, 0.15) is 0 Å². The van der Waals surface area contributed by atoms with Crippen LogP contribution in [0.5, 0.6) is 0 Å². The topological polar surface area (TPSA) is 0 Å². The van der Waals surface area contributed by atoms with Gasteiger partial charge in [0.05, 0.1) is 0 Å². The molecule has 0 aromatic heterocycles. The third kappa shape index (κ3) is 5.26. The zero-order chi connectivity index (χ0) is 25.3. The van der Waals surface area contributed by atoms with Crippen molar-refractivity contribution < 1.29 is 0 Å². The summed E-state index contributed by atoms with van der Waals surface area (Å²) >= 11 is 0. The normalized spacial score (nSPS) is 27.4. The van der Waals surface area contributed by atoms with Gasteiger partial charge in [0.25, 0.3) is 0 Å². The summed E-state index contributed by atoms with van der Waals surface area (Å²) in [5.74, 6) is 0.647. The van der Waals surface area contributed by atoms with Crippen molar-refractivity contribution in [2.45, 2.75) is 124 Å². The van der Waals surface area contributed by atoms with Crippen LogP contribution in [0.3, 0.4) is 0 Å². The molecule has 3 unspecified atom stereocenters. The summed E-state index contributed by atoms with van der Waals surface area (Å²) in [6, 6.07) is 5.28. The molecule has 1 aromatic carbocycles. The molecular weight excluding hydrogens is 439 g/mol. The quantitative estimate of drug-likeness (QED) is 0.183. The fourth-order valence-corrected chi connectivity index (χ4v) is 9.24. The van der Waals surface area contributed by atoms with Crippen molar-refractivity contribution in [1.29, 1.82) is 0 Å². The van der Waals surface area contributed by atoms with E-state index in [0.717, 1.165) is 15.0 Å². The van der Waals surface area contributed by atoms with E-state index in [-0.39, 0.29) is 0 Å². The van der Waals surface area contributed by atoms with E-state index in [4.69, 9.17) is 6.58 Å². The maximum atomic E-state index is 4.88. The van der Waals surface area contributed by atoms with Crippen LogP contribution < -0.4 is 0 Å². The van der Waals surface area contributed by atoms with Crippen molar-refractivity contribution in [2.75, 3.05) is 12.8 Å². The first kappa shape index (κ1) is 27.2. The Morgan fingerprint density at radius 3 is 2.51 bits per heavy atom. The van der Waals surface area contributed by atoms with E-state index in [1.54, 1.807) is 33.4 Å². The van der Waals surface area contributed by atoms with E-state index in [1.807, 2.05) is 0 Å². The first-order chi connectivity index (χ1) is 16.7. The number of aryl methyl sites for hydroxylation is 1. The first-order valence-corrected chi connectivity index (χ1v) is 16.5. The maximum Gasteiger partial charge on any atom is -0.00507 e. The molecule has 194 valence electrons. The highest BCUT2D eigenvalue weighted by molar-refractivity contribution is 7.37. The Morgan fingerprint density at radius 2 is 1.83 bits per heavy atom. The summed E-state index contributed by atoms with van der Waals surface area (Å²) in [5.41, 5.74) is 10.9. The van der Waals surface area contributed by atoms with Crippen LogP contribution in [0, 0.1) is 16.2 Å². The van der Waals surface area contributed by atoms with Gasteiger partial charge in [-0.15, -0.1) is 8.58 Å². The number of fused-ring (bicyclic) bond motifs is 3. The minimum Gasteiger partial charge on any atom is -0.124 e. The molecule has 3 aliphatic carbocycles. The van der Waals surface area contributed by atoms with Crippen molar-refractivity contribution in [1.82, 2.24) is 0 Å². The van der Waals surface area contributed by atoms with Crippen LogP contribution in [0.15, 0.2) is 35.9 Å². The second-order valence-corrected chi connectivity index (χ2v) is 14.5. The van der Waals surface area contributed by atoms with Gasteiger partial charge in [-0.2, -0.15) is 0 Å². The van der Waals surface area contributed by atoms with Gasteiger partial charge in [-0.1, -0.05) is 95.7 Å². The van der Waals surface area contributed by atoms with E-state index in [0.29, 0.717) is 22.2 Å². The number of hydrogen-bond donors (Lipinski definition) is 0. The Hall–Kier alpha value is -0.870. The van der Waals surface area contributed by atoms with Crippen LogP contribution in [-0.2, 0) is 19.3 Å². The molecule has 0 aliphatic heterocycles. The Bertz CT molecular complexity index is 936. The van der Waals surface area contributed by atoms with Crippen molar-refractivity contribution in [3.8, 4) is 0 Å². The lowest BCUT2D eigenvalue weighted by Crippen LogP contribution is -2.47. The summed E-state index contributed by atoms with van der Waals surface area (Å²) in [4.78, 5) is 0. The van der Waals surface area contributed by atoms with Gasteiger partial charge >= 0.3 is 0 Å². The summed E-state index contributed by atoms with van der Waals surface area (Å²) in [5, 5.41) is 0. The Labute approximate surface area is 219 Å². The molecule has 0 saturated heterocycles. The average molecular weight is 493 g/mol.